The first-order valence-electron chi connectivity index (χ1n) is 3.43. The van der Waals surface area contributed by atoms with E-state index in [4.69, 9.17) is 4.74 Å². The Labute approximate surface area is 70.3 Å². The van der Waals surface area contributed by atoms with E-state index in [9.17, 15) is 9.35 Å². The molecule has 3 nitrogen and oxygen atoms in total. The average Bonchev–Trinajstić information content (AvgIpc) is 1.88. The minimum atomic E-state index is -1.18. The Balaban J connectivity index is 4.18. The zero-order valence-electron chi connectivity index (χ0n) is 7.34. The maximum Gasteiger partial charge on any atom is 0.362 e. The molecule has 0 aliphatic heterocycles. The van der Waals surface area contributed by atoms with E-state index < -0.39 is 21.9 Å². The number of hydrogen-bond acceptors (Lipinski definition) is 3. The molecule has 66 valence electrons. The summed E-state index contributed by atoms with van der Waals surface area (Å²) in [6, 6.07) is 0. The Morgan fingerprint density at radius 2 is 2.09 bits per heavy atom. The fourth-order valence-electron chi connectivity index (χ4n) is 0.422. The molecule has 0 aromatic heterocycles. The molecule has 0 saturated carbocycles. The number of ether oxygens (including phenoxy) is 1. The summed E-state index contributed by atoms with van der Waals surface area (Å²) in [7, 11) is 0. The fourth-order valence-corrected chi connectivity index (χ4v) is 0.716. The predicted octanol–water partition coefficient (Wildman–Crippen LogP) is 0.707. The van der Waals surface area contributed by atoms with Gasteiger partial charge in [0.25, 0.3) is 0 Å². The van der Waals surface area contributed by atoms with Crippen LogP contribution in [0.1, 0.15) is 20.8 Å². The van der Waals surface area contributed by atoms with Crippen molar-refractivity contribution in [3.05, 3.63) is 0 Å². The highest BCUT2D eigenvalue weighted by Crippen LogP contribution is 2.16. The van der Waals surface area contributed by atoms with Gasteiger partial charge < -0.3 is 9.29 Å². The molecule has 0 radical (unpaired) electrons. The van der Waals surface area contributed by atoms with Gasteiger partial charge in [0.1, 0.15) is 0 Å². The Morgan fingerprint density at radius 1 is 1.64 bits per heavy atom. The van der Waals surface area contributed by atoms with Crippen LogP contribution in [0.2, 0.25) is 0 Å². The molecule has 0 aromatic carbocycles. The number of carbonyl (C=O) groups excluding carboxylic acids is 1. The van der Waals surface area contributed by atoms with Gasteiger partial charge in [-0.3, -0.25) is 0 Å². The Hall–Kier alpha value is -0.220. The first-order chi connectivity index (χ1) is 4.92. The Morgan fingerprint density at radius 3 is 2.36 bits per heavy atom. The van der Waals surface area contributed by atoms with Crippen molar-refractivity contribution in [2.24, 2.45) is 0 Å². The van der Waals surface area contributed by atoms with Gasteiger partial charge in [-0.25, -0.2) is 4.79 Å². The first kappa shape index (κ1) is 10.8. The zero-order valence-corrected chi connectivity index (χ0v) is 8.16. The molecular weight excluding hydrogens is 164 g/mol. The van der Waals surface area contributed by atoms with E-state index in [1.165, 1.54) is 6.26 Å². The van der Waals surface area contributed by atoms with E-state index in [1.807, 2.05) is 0 Å². The van der Waals surface area contributed by atoms with Crippen molar-refractivity contribution in [3.8, 4) is 0 Å². The summed E-state index contributed by atoms with van der Waals surface area (Å²) in [5.74, 6) is -0.402. The molecule has 0 spiro atoms. The predicted molar refractivity (Wildman–Crippen MR) is 44.8 cm³/mol. The van der Waals surface area contributed by atoms with Crippen LogP contribution in [0.5, 0.6) is 0 Å². The van der Waals surface area contributed by atoms with E-state index in [0.717, 1.165) is 0 Å². The molecule has 0 N–H and O–H groups in total. The third kappa shape index (κ3) is 2.71. The van der Waals surface area contributed by atoms with E-state index >= 15 is 0 Å². The van der Waals surface area contributed by atoms with Crippen LogP contribution in [0, 0.1) is 0 Å². The fraction of sp³-hybridized carbons (Fsp3) is 0.857. The Kier molecular flexibility index (Phi) is 3.89. The van der Waals surface area contributed by atoms with Crippen LogP contribution < -0.4 is 0 Å². The average molecular weight is 178 g/mol. The highest BCUT2D eigenvalue weighted by atomic mass is 32.2. The van der Waals surface area contributed by atoms with Crippen LogP contribution in [-0.4, -0.2) is 28.1 Å². The van der Waals surface area contributed by atoms with E-state index in [1.54, 1.807) is 20.8 Å². The number of rotatable bonds is 3. The second kappa shape index (κ2) is 3.97. The molecule has 1 unspecified atom stereocenters. The maximum absolute atomic E-state index is 11.1. The summed E-state index contributed by atoms with van der Waals surface area (Å²) in [5.41, 5.74) is 0. The number of esters is 1. The van der Waals surface area contributed by atoms with Crippen molar-refractivity contribution in [2.45, 2.75) is 25.5 Å². The van der Waals surface area contributed by atoms with Crippen LogP contribution in [0.15, 0.2) is 0 Å². The molecule has 1 atom stereocenters. The summed E-state index contributed by atoms with van der Waals surface area (Å²) >= 11 is -1.18. The van der Waals surface area contributed by atoms with Gasteiger partial charge in [-0.1, -0.05) is 0 Å². The molecule has 0 amide bonds. The molecule has 0 bridgehead atoms. The van der Waals surface area contributed by atoms with E-state index in [-0.39, 0.29) is 0 Å². The summed E-state index contributed by atoms with van der Waals surface area (Å²) in [6.07, 6.45) is 1.50. The van der Waals surface area contributed by atoms with Crippen molar-refractivity contribution in [1.82, 2.24) is 0 Å². The van der Waals surface area contributed by atoms with Crippen LogP contribution in [0.25, 0.3) is 0 Å². The van der Waals surface area contributed by atoms with Crippen molar-refractivity contribution in [1.29, 1.82) is 0 Å². The molecule has 0 rings (SSSR count). The third-order valence-corrected chi connectivity index (χ3v) is 3.09. The molecule has 4 heteroatoms. The lowest BCUT2D eigenvalue weighted by atomic mass is 10.2. The lowest BCUT2D eigenvalue weighted by molar-refractivity contribution is -0.145. The monoisotopic (exact) mass is 178 g/mol. The third-order valence-electron chi connectivity index (χ3n) is 1.49. The lowest BCUT2D eigenvalue weighted by Crippen LogP contribution is -2.41. The summed E-state index contributed by atoms with van der Waals surface area (Å²) < 4.78 is 14.8. The Bertz CT molecular complexity index is 143. The van der Waals surface area contributed by atoms with Crippen molar-refractivity contribution in [3.63, 3.8) is 0 Å². The SMILES string of the molecule is CCOC(=O)C(C)(C)[S+](C)[O-]. The zero-order chi connectivity index (χ0) is 9.07. The smallest absolute Gasteiger partial charge is 0.362 e. The molecule has 0 fully saturated rings. The standard InChI is InChI=1S/C7H14O3S/c1-5-10-6(8)7(2,3)11(4)9/h5H2,1-4H3. The molecule has 0 saturated heterocycles. The normalized spacial score (nSPS) is 14.3. The quantitative estimate of drug-likeness (QED) is 0.472. The van der Waals surface area contributed by atoms with Gasteiger partial charge >= 0.3 is 5.97 Å². The molecule has 11 heavy (non-hydrogen) atoms. The van der Waals surface area contributed by atoms with Gasteiger partial charge in [0.05, 0.1) is 12.9 Å². The topological polar surface area (TPSA) is 49.4 Å². The second-order valence-corrected chi connectivity index (χ2v) is 4.61. The molecule has 0 aromatic rings. The van der Waals surface area contributed by atoms with Gasteiger partial charge in [0.15, 0.2) is 0 Å². The van der Waals surface area contributed by atoms with Gasteiger partial charge in [-0.05, 0) is 31.9 Å². The van der Waals surface area contributed by atoms with Gasteiger partial charge in [0, 0.05) is 0 Å². The number of hydrogen-bond donors (Lipinski definition) is 0. The van der Waals surface area contributed by atoms with Gasteiger partial charge in [-0.15, -0.1) is 0 Å². The largest absolute Gasteiger partial charge is 0.616 e. The summed E-state index contributed by atoms with van der Waals surface area (Å²) in [5, 5.41) is 0. The van der Waals surface area contributed by atoms with Crippen molar-refractivity contribution >= 4 is 17.1 Å². The van der Waals surface area contributed by atoms with Gasteiger partial charge in [-0.2, -0.15) is 0 Å². The lowest BCUT2D eigenvalue weighted by Gasteiger charge is -2.22. The molecule has 0 heterocycles. The summed E-state index contributed by atoms with van der Waals surface area (Å²) in [6.45, 7) is 5.29. The van der Waals surface area contributed by atoms with Gasteiger partial charge in [0.2, 0.25) is 4.75 Å². The summed E-state index contributed by atoms with van der Waals surface area (Å²) in [4.78, 5) is 11.1. The number of carbonyl (C=O) groups is 1. The second-order valence-electron chi connectivity index (χ2n) is 2.68. The molecular formula is C7H14O3S. The van der Waals surface area contributed by atoms with Crippen LogP contribution in [0.4, 0.5) is 0 Å². The van der Waals surface area contributed by atoms with Crippen LogP contribution in [0.3, 0.4) is 0 Å². The first-order valence-corrected chi connectivity index (χ1v) is 4.99. The van der Waals surface area contributed by atoms with Crippen molar-refractivity contribution in [2.75, 3.05) is 12.9 Å². The highest BCUT2D eigenvalue weighted by Gasteiger charge is 2.38. The van der Waals surface area contributed by atoms with Crippen molar-refractivity contribution < 1.29 is 14.1 Å². The minimum Gasteiger partial charge on any atom is -0.616 e. The molecule has 0 aliphatic carbocycles. The minimum absolute atomic E-state index is 0.333. The van der Waals surface area contributed by atoms with E-state index in [2.05, 4.69) is 0 Å². The van der Waals surface area contributed by atoms with Crippen LogP contribution in [-0.2, 0) is 20.7 Å². The molecule has 0 aliphatic rings. The highest BCUT2D eigenvalue weighted by molar-refractivity contribution is 7.92. The van der Waals surface area contributed by atoms with Crippen LogP contribution >= 0.6 is 0 Å². The maximum atomic E-state index is 11.1. The van der Waals surface area contributed by atoms with E-state index in [0.29, 0.717) is 6.61 Å².